The van der Waals surface area contributed by atoms with E-state index in [9.17, 15) is 4.79 Å². The molecule has 0 spiro atoms. The first-order chi connectivity index (χ1) is 7.63. The van der Waals surface area contributed by atoms with Gasteiger partial charge in [-0.1, -0.05) is 0 Å². The summed E-state index contributed by atoms with van der Waals surface area (Å²) in [5.41, 5.74) is 7.03. The molecule has 1 atom stereocenters. The van der Waals surface area contributed by atoms with Crippen molar-refractivity contribution in [3.05, 3.63) is 16.9 Å². The van der Waals surface area contributed by atoms with E-state index < -0.39 is 0 Å². The van der Waals surface area contributed by atoms with Crippen LogP contribution in [0.2, 0.25) is 0 Å². The van der Waals surface area contributed by atoms with Gasteiger partial charge in [0, 0.05) is 25.0 Å². The maximum absolute atomic E-state index is 11.8. The maximum Gasteiger partial charge on any atom is 0.227 e. The highest BCUT2D eigenvalue weighted by molar-refractivity contribution is 9.10. The van der Waals surface area contributed by atoms with Crippen LogP contribution in [-0.4, -0.2) is 23.3 Å². The van der Waals surface area contributed by atoms with E-state index in [0.29, 0.717) is 30.2 Å². The van der Waals surface area contributed by atoms with Crippen molar-refractivity contribution in [3.63, 3.8) is 0 Å². The Labute approximate surface area is 107 Å². The smallest absolute Gasteiger partial charge is 0.227 e. The summed E-state index contributed by atoms with van der Waals surface area (Å²) in [5, 5.41) is 0. The Hall–Kier alpha value is -0.810. The molecule has 1 aliphatic heterocycles. The largest absolute Gasteiger partial charge is 0.396 e. The van der Waals surface area contributed by atoms with Crippen molar-refractivity contribution in [2.75, 3.05) is 23.1 Å². The number of carbonyl (C=O) groups is 1. The molecule has 16 heavy (non-hydrogen) atoms. The summed E-state index contributed by atoms with van der Waals surface area (Å²) in [7, 11) is 0. The summed E-state index contributed by atoms with van der Waals surface area (Å²) in [4.78, 5) is 17.4. The molecule has 2 rings (SSSR count). The van der Waals surface area contributed by atoms with Gasteiger partial charge in [-0.3, -0.25) is 9.78 Å². The molecule has 1 aromatic rings. The number of nitrogen functional groups attached to an aromatic ring is 1. The minimum absolute atomic E-state index is 0.0595. The van der Waals surface area contributed by atoms with Crippen molar-refractivity contribution >= 4 is 44.8 Å². The Morgan fingerprint density at radius 1 is 1.62 bits per heavy atom. The van der Waals surface area contributed by atoms with Gasteiger partial charge in [-0.2, -0.15) is 0 Å². The number of carbonyl (C=O) groups excluding carboxylic acids is 1. The quantitative estimate of drug-likeness (QED) is 0.850. The monoisotopic (exact) mass is 303 g/mol. The van der Waals surface area contributed by atoms with Crippen molar-refractivity contribution in [1.82, 2.24) is 4.98 Å². The molecule has 0 radical (unpaired) electrons. The number of pyridine rings is 1. The van der Waals surface area contributed by atoms with Crippen LogP contribution in [0, 0.1) is 5.92 Å². The number of aromatic nitrogens is 1. The minimum atomic E-state index is 0.0595. The fraction of sp³-hybridized carbons (Fsp3) is 0.400. The van der Waals surface area contributed by atoms with Gasteiger partial charge in [0.15, 0.2) is 0 Å². The second-order valence-electron chi connectivity index (χ2n) is 3.79. The average molecular weight is 305 g/mol. The summed E-state index contributed by atoms with van der Waals surface area (Å²) in [6.45, 7) is 0.620. The van der Waals surface area contributed by atoms with Crippen LogP contribution in [0.15, 0.2) is 16.9 Å². The van der Waals surface area contributed by atoms with Crippen LogP contribution in [0.4, 0.5) is 11.4 Å². The number of nitrogens with two attached hydrogens (primary N) is 1. The third kappa shape index (κ3) is 2.01. The molecule has 0 aromatic carbocycles. The summed E-state index contributed by atoms with van der Waals surface area (Å²) in [6, 6.07) is 0. The summed E-state index contributed by atoms with van der Waals surface area (Å²) in [5.74, 6) is 0.753. The van der Waals surface area contributed by atoms with E-state index in [2.05, 4.69) is 20.9 Å². The standard InChI is InChI=1S/C10H11BrClN3O/c11-7-3-14-4-8(13)10(7)15-5-6(2-12)1-9(15)16/h3-4,6H,1-2,5,13H2. The SMILES string of the molecule is Nc1cncc(Br)c1N1CC(CCl)CC1=O. The first-order valence-electron chi connectivity index (χ1n) is 4.88. The predicted octanol–water partition coefficient (Wildman–Crippen LogP) is 2.02. The highest BCUT2D eigenvalue weighted by Crippen LogP contribution is 2.35. The van der Waals surface area contributed by atoms with E-state index in [0.717, 1.165) is 4.47 Å². The van der Waals surface area contributed by atoms with Crippen LogP contribution in [0.25, 0.3) is 0 Å². The van der Waals surface area contributed by atoms with Gasteiger partial charge in [-0.25, -0.2) is 0 Å². The third-order valence-electron chi connectivity index (χ3n) is 2.59. The molecule has 1 unspecified atom stereocenters. The number of anilines is 2. The molecule has 1 saturated heterocycles. The zero-order chi connectivity index (χ0) is 11.7. The van der Waals surface area contributed by atoms with E-state index in [1.807, 2.05) is 0 Å². The van der Waals surface area contributed by atoms with Gasteiger partial charge < -0.3 is 10.6 Å². The number of amides is 1. The Balaban J connectivity index is 2.35. The lowest BCUT2D eigenvalue weighted by Crippen LogP contribution is -2.26. The molecule has 1 aromatic heterocycles. The van der Waals surface area contributed by atoms with Crippen molar-refractivity contribution in [1.29, 1.82) is 0 Å². The minimum Gasteiger partial charge on any atom is -0.396 e. The molecule has 0 saturated carbocycles. The number of halogens is 2. The van der Waals surface area contributed by atoms with Crippen LogP contribution in [0.5, 0.6) is 0 Å². The molecule has 6 heteroatoms. The van der Waals surface area contributed by atoms with Gasteiger partial charge in [0.25, 0.3) is 0 Å². The third-order valence-corrected chi connectivity index (χ3v) is 3.61. The van der Waals surface area contributed by atoms with Gasteiger partial charge >= 0.3 is 0 Å². The zero-order valence-corrected chi connectivity index (χ0v) is 10.8. The summed E-state index contributed by atoms with van der Waals surface area (Å²) < 4.78 is 0.732. The van der Waals surface area contributed by atoms with Crippen LogP contribution in [0.1, 0.15) is 6.42 Å². The van der Waals surface area contributed by atoms with Crippen LogP contribution < -0.4 is 10.6 Å². The van der Waals surface area contributed by atoms with Crippen molar-refractivity contribution in [2.45, 2.75) is 6.42 Å². The van der Waals surface area contributed by atoms with Gasteiger partial charge in [0.05, 0.1) is 22.0 Å². The van der Waals surface area contributed by atoms with Crippen LogP contribution >= 0.6 is 27.5 Å². The van der Waals surface area contributed by atoms with E-state index in [-0.39, 0.29) is 11.8 Å². The lowest BCUT2D eigenvalue weighted by atomic mass is 10.1. The molecular formula is C10H11BrClN3O. The van der Waals surface area contributed by atoms with E-state index in [4.69, 9.17) is 17.3 Å². The molecule has 1 fully saturated rings. The van der Waals surface area contributed by atoms with Gasteiger partial charge in [-0.05, 0) is 21.8 Å². The molecule has 1 aliphatic rings. The van der Waals surface area contributed by atoms with E-state index >= 15 is 0 Å². The predicted molar refractivity (Wildman–Crippen MR) is 67.5 cm³/mol. The summed E-state index contributed by atoms with van der Waals surface area (Å²) in [6.07, 6.45) is 3.66. The Morgan fingerprint density at radius 3 is 2.94 bits per heavy atom. The Bertz CT molecular complexity index is 406. The highest BCUT2D eigenvalue weighted by Gasteiger charge is 2.32. The Morgan fingerprint density at radius 2 is 2.38 bits per heavy atom. The van der Waals surface area contributed by atoms with Gasteiger partial charge in [-0.15, -0.1) is 11.6 Å². The summed E-state index contributed by atoms with van der Waals surface area (Å²) >= 11 is 9.13. The van der Waals surface area contributed by atoms with E-state index in [1.165, 1.54) is 0 Å². The van der Waals surface area contributed by atoms with Crippen LogP contribution in [0.3, 0.4) is 0 Å². The first-order valence-corrected chi connectivity index (χ1v) is 6.21. The molecular weight excluding hydrogens is 293 g/mol. The number of hydrogen-bond donors (Lipinski definition) is 1. The first kappa shape index (κ1) is 11.7. The van der Waals surface area contributed by atoms with Gasteiger partial charge in [0.2, 0.25) is 5.91 Å². The molecule has 1 amide bonds. The topological polar surface area (TPSA) is 59.2 Å². The highest BCUT2D eigenvalue weighted by atomic mass is 79.9. The molecule has 0 aliphatic carbocycles. The van der Waals surface area contributed by atoms with Gasteiger partial charge in [0.1, 0.15) is 0 Å². The normalized spacial score (nSPS) is 20.5. The Kier molecular flexibility index (Phi) is 3.35. The number of nitrogens with zero attached hydrogens (tertiary/aromatic N) is 2. The average Bonchev–Trinajstić information content (AvgIpc) is 2.60. The van der Waals surface area contributed by atoms with E-state index in [1.54, 1.807) is 17.3 Å². The van der Waals surface area contributed by atoms with Crippen molar-refractivity contribution in [2.24, 2.45) is 5.92 Å². The second-order valence-corrected chi connectivity index (χ2v) is 4.95. The van der Waals surface area contributed by atoms with Crippen molar-refractivity contribution in [3.8, 4) is 0 Å². The molecule has 2 heterocycles. The van der Waals surface area contributed by atoms with Crippen molar-refractivity contribution < 1.29 is 4.79 Å². The zero-order valence-electron chi connectivity index (χ0n) is 8.49. The molecule has 2 N–H and O–H groups in total. The maximum atomic E-state index is 11.8. The molecule has 86 valence electrons. The lowest BCUT2D eigenvalue weighted by Gasteiger charge is -2.19. The second kappa shape index (κ2) is 4.59. The lowest BCUT2D eigenvalue weighted by molar-refractivity contribution is -0.117. The number of hydrogen-bond acceptors (Lipinski definition) is 3. The number of alkyl halides is 1. The fourth-order valence-electron chi connectivity index (χ4n) is 1.83. The fourth-order valence-corrected chi connectivity index (χ4v) is 2.60. The molecule has 4 nitrogen and oxygen atoms in total. The number of rotatable bonds is 2. The van der Waals surface area contributed by atoms with Crippen LogP contribution in [-0.2, 0) is 4.79 Å². The molecule has 0 bridgehead atoms.